The summed E-state index contributed by atoms with van der Waals surface area (Å²) in [5.74, 6) is -1.66. The van der Waals surface area contributed by atoms with E-state index in [4.69, 9.17) is 0 Å². The van der Waals surface area contributed by atoms with Crippen LogP contribution in [0.1, 0.15) is 28.7 Å². The van der Waals surface area contributed by atoms with E-state index in [0.29, 0.717) is 19.3 Å². The van der Waals surface area contributed by atoms with Gasteiger partial charge in [-0.2, -0.15) is 0 Å². The molecule has 0 aliphatic carbocycles. The number of carbonyl (C=O) groups is 2. The van der Waals surface area contributed by atoms with Gasteiger partial charge < -0.3 is 15.4 Å². The number of carbonyl (C=O) groups excluding carboxylic acids is 1. The van der Waals surface area contributed by atoms with Crippen molar-refractivity contribution in [2.45, 2.75) is 33.1 Å². The molecular formula is C23H26N2O3. The van der Waals surface area contributed by atoms with Crippen LogP contribution in [0.3, 0.4) is 0 Å². The third-order valence-electron chi connectivity index (χ3n) is 5.00. The lowest BCUT2D eigenvalue weighted by Gasteiger charge is -2.14. The number of amides is 1. The fourth-order valence-electron chi connectivity index (χ4n) is 3.44. The van der Waals surface area contributed by atoms with Crippen molar-refractivity contribution >= 4 is 22.8 Å². The number of aryl methyl sites for hydroxylation is 3. The van der Waals surface area contributed by atoms with Gasteiger partial charge in [-0.05, 0) is 49.9 Å². The molecule has 1 atom stereocenters. The van der Waals surface area contributed by atoms with Gasteiger partial charge >= 0.3 is 5.97 Å². The van der Waals surface area contributed by atoms with Crippen LogP contribution in [0.2, 0.25) is 0 Å². The molecule has 0 spiro atoms. The highest BCUT2D eigenvalue weighted by Gasteiger charge is 2.19. The summed E-state index contributed by atoms with van der Waals surface area (Å²) in [6.07, 6.45) is 3.29. The molecule has 5 nitrogen and oxygen atoms in total. The number of carboxylic acid groups (broad SMARTS) is 1. The van der Waals surface area contributed by atoms with Crippen LogP contribution in [0.25, 0.3) is 10.9 Å². The first-order chi connectivity index (χ1) is 13.4. The Kier molecular flexibility index (Phi) is 6.14. The smallest absolute Gasteiger partial charge is 0.308 e. The van der Waals surface area contributed by atoms with Crippen molar-refractivity contribution in [2.75, 3.05) is 6.54 Å². The van der Waals surface area contributed by atoms with E-state index in [1.807, 2.05) is 50.4 Å². The van der Waals surface area contributed by atoms with Crippen molar-refractivity contribution in [3.05, 3.63) is 70.9 Å². The maximum atomic E-state index is 12.3. The van der Waals surface area contributed by atoms with E-state index < -0.39 is 11.9 Å². The number of hydrogen-bond donors (Lipinski definition) is 3. The van der Waals surface area contributed by atoms with Crippen LogP contribution < -0.4 is 5.32 Å². The van der Waals surface area contributed by atoms with Crippen molar-refractivity contribution in [1.82, 2.24) is 10.3 Å². The summed E-state index contributed by atoms with van der Waals surface area (Å²) in [5, 5.41) is 13.4. The number of aliphatic carboxylic acids is 1. The number of aromatic amines is 1. The summed E-state index contributed by atoms with van der Waals surface area (Å²) >= 11 is 0. The Bertz CT molecular complexity index is 990. The second kappa shape index (κ2) is 8.74. The Labute approximate surface area is 164 Å². The zero-order valence-corrected chi connectivity index (χ0v) is 16.3. The van der Waals surface area contributed by atoms with E-state index in [9.17, 15) is 14.7 Å². The Morgan fingerprint density at radius 3 is 2.64 bits per heavy atom. The maximum Gasteiger partial charge on any atom is 0.308 e. The predicted octanol–water partition coefficient (Wildman–Crippen LogP) is 3.78. The average molecular weight is 378 g/mol. The Morgan fingerprint density at radius 1 is 1.11 bits per heavy atom. The molecule has 1 unspecified atom stereocenters. The number of aromatic nitrogens is 1. The van der Waals surface area contributed by atoms with Gasteiger partial charge in [-0.1, -0.05) is 41.5 Å². The molecule has 2 aromatic carbocycles. The van der Waals surface area contributed by atoms with Crippen molar-refractivity contribution in [2.24, 2.45) is 5.92 Å². The summed E-state index contributed by atoms with van der Waals surface area (Å²) in [6.45, 7) is 4.16. The first kappa shape index (κ1) is 19.7. The van der Waals surface area contributed by atoms with E-state index in [1.165, 1.54) is 5.56 Å². The standard InChI is InChI=1S/C23H26N2O3/c1-15-4-3-5-17(10-15)12-19(23(27)28)14-25-22(26)9-7-18-13-24-21-8-6-16(2)11-20(18)21/h3-6,8,10-11,13,19,24H,7,9,12,14H2,1-2H3,(H,25,26)(H,27,28). The third-order valence-corrected chi connectivity index (χ3v) is 5.00. The molecular weight excluding hydrogens is 352 g/mol. The van der Waals surface area contributed by atoms with Crippen LogP contribution in [0, 0.1) is 19.8 Å². The molecule has 3 rings (SSSR count). The number of rotatable bonds is 8. The van der Waals surface area contributed by atoms with Crippen LogP contribution >= 0.6 is 0 Å². The van der Waals surface area contributed by atoms with Gasteiger partial charge in [0, 0.05) is 30.1 Å². The summed E-state index contributed by atoms with van der Waals surface area (Å²) in [5.41, 5.74) is 5.40. The molecule has 0 saturated heterocycles. The summed E-state index contributed by atoms with van der Waals surface area (Å²) in [4.78, 5) is 27.1. The van der Waals surface area contributed by atoms with Crippen LogP contribution in [-0.4, -0.2) is 28.5 Å². The number of fused-ring (bicyclic) bond motifs is 1. The fourth-order valence-corrected chi connectivity index (χ4v) is 3.44. The van der Waals surface area contributed by atoms with Gasteiger partial charge in [0.2, 0.25) is 5.91 Å². The average Bonchev–Trinajstić information content (AvgIpc) is 3.05. The number of H-pyrrole nitrogens is 1. The first-order valence-electron chi connectivity index (χ1n) is 9.54. The van der Waals surface area contributed by atoms with Crippen molar-refractivity contribution in [3.63, 3.8) is 0 Å². The lowest BCUT2D eigenvalue weighted by atomic mass is 9.98. The van der Waals surface area contributed by atoms with Gasteiger partial charge in [0.05, 0.1) is 5.92 Å². The van der Waals surface area contributed by atoms with Gasteiger partial charge in [0.1, 0.15) is 0 Å². The molecule has 0 fully saturated rings. The predicted molar refractivity (Wildman–Crippen MR) is 110 cm³/mol. The lowest BCUT2D eigenvalue weighted by Crippen LogP contribution is -2.34. The quantitative estimate of drug-likeness (QED) is 0.558. The highest BCUT2D eigenvalue weighted by Crippen LogP contribution is 2.21. The lowest BCUT2D eigenvalue weighted by molar-refractivity contribution is -0.141. The minimum Gasteiger partial charge on any atom is -0.481 e. The molecule has 0 radical (unpaired) electrons. The SMILES string of the molecule is Cc1cccc(CC(CNC(=O)CCc2c[nH]c3ccc(C)cc23)C(=O)O)c1. The molecule has 3 aromatic rings. The van der Waals surface area contributed by atoms with Crippen LogP contribution in [0.5, 0.6) is 0 Å². The van der Waals surface area contributed by atoms with Crippen molar-refractivity contribution in [3.8, 4) is 0 Å². The molecule has 1 aromatic heterocycles. The van der Waals surface area contributed by atoms with E-state index in [2.05, 4.69) is 22.4 Å². The van der Waals surface area contributed by atoms with E-state index in [-0.39, 0.29) is 12.5 Å². The molecule has 3 N–H and O–H groups in total. The maximum absolute atomic E-state index is 12.3. The first-order valence-corrected chi connectivity index (χ1v) is 9.54. The second-order valence-corrected chi connectivity index (χ2v) is 7.40. The van der Waals surface area contributed by atoms with Crippen molar-refractivity contribution in [1.29, 1.82) is 0 Å². The number of nitrogens with one attached hydrogen (secondary N) is 2. The molecule has 1 amide bonds. The monoisotopic (exact) mass is 378 g/mol. The van der Waals surface area contributed by atoms with Crippen molar-refractivity contribution < 1.29 is 14.7 Å². The normalized spacial score (nSPS) is 12.1. The number of hydrogen-bond acceptors (Lipinski definition) is 2. The van der Waals surface area contributed by atoms with Gasteiger partial charge in [-0.3, -0.25) is 9.59 Å². The third kappa shape index (κ3) is 5.00. The van der Waals surface area contributed by atoms with Crippen LogP contribution in [-0.2, 0) is 22.4 Å². The van der Waals surface area contributed by atoms with E-state index in [0.717, 1.165) is 27.6 Å². The minimum absolute atomic E-state index is 0.127. The summed E-state index contributed by atoms with van der Waals surface area (Å²) in [6, 6.07) is 14.0. The minimum atomic E-state index is -0.895. The number of carboxylic acids is 1. The topological polar surface area (TPSA) is 82.2 Å². The van der Waals surface area contributed by atoms with E-state index in [1.54, 1.807) is 0 Å². The zero-order valence-electron chi connectivity index (χ0n) is 16.3. The van der Waals surface area contributed by atoms with Crippen LogP contribution in [0.4, 0.5) is 0 Å². The molecule has 1 heterocycles. The largest absolute Gasteiger partial charge is 0.481 e. The summed E-state index contributed by atoms with van der Waals surface area (Å²) < 4.78 is 0. The van der Waals surface area contributed by atoms with Gasteiger partial charge in [-0.25, -0.2) is 0 Å². The fraction of sp³-hybridized carbons (Fsp3) is 0.304. The second-order valence-electron chi connectivity index (χ2n) is 7.40. The van der Waals surface area contributed by atoms with E-state index >= 15 is 0 Å². The molecule has 0 aliphatic heterocycles. The highest BCUT2D eigenvalue weighted by atomic mass is 16.4. The number of benzene rings is 2. The molecule has 0 bridgehead atoms. The van der Waals surface area contributed by atoms with Crippen LogP contribution in [0.15, 0.2) is 48.7 Å². The van der Waals surface area contributed by atoms with Gasteiger partial charge in [0.15, 0.2) is 0 Å². The molecule has 28 heavy (non-hydrogen) atoms. The molecule has 5 heteroatoms. The highest BCUT2D eigenvalue weighted by molar-refractivity contribution is 5.85. The summed E-state index contributed by atoms with van der Waals surface area (Å²) in [7, 11) is 0. The Hall–Kier alpha value is -3.08. The Morgan fingerprint density at radius 2 is 1.89 bits per heavy atom. The molecule has 0 saturated carbocycles. The molecule has 146 valence electrons. The van der Waals surface area contributed by atoms with Gasteiger partial charge in [-0.15, -0.1) is 0 Å². The van der Waals surface area contributed by atoms with Gasteiger partial charge in [0.25, 0.3) is 0 Å². The zero-order chi connectivity index (χ0) is 20.1. The molecule has 0 aliphatic rings. The Balaban J connectivity index is 1.54.